The van der Waals surface area contributed by atoms with E-state index in [0.717, 1.165) is 11.3 Å². The van der Waals surface area contributed by atoms with Crippen LogP contribution < -0.4 is 10.1 Å². The van der Waals surface area contributed by atoms with Gasteiger partial charge in [-0.1, -0.05) is 24.3 Å². The Morgan fingerprint density at radius 3 is 2.48 bits per heavy atom. The van der Waals surface area contributed by atoms with Crippen LogP contribution in [0.25, 0.3) is 0 Å². The summed E-state index contributed by atoms with van der Waals surface area (Å²) in [5.41, 5.74) is 1.25. The molecule has 0 saturated heterocycles. The van der Waals surface area contributed by atoms with Gasteiger partial charge < -0.3 is 15.2 Å². The molecule has 0 radical (unpaired) electrons. The van der Waals surface area contributed by atoms with Crippen LogP contribution in [0.2, 0.25) is 0 Å². The molecule has 0 aromatic heterocycles. The molecule has 0 fully saturated rings. The van der Waals surface area contributed by atoms with Crippen LogP contribution in [0.15, 0.2) is 48.5 Å². The van der Waals surface area contributed by atoms with Crippen molar-refractivity contribution in [2.45, 2.75) is 19.9 Å². The molecule has 4 nitrogen and oxygen atoms in total. The van der Waals surface area contributed by atoms with Crippen LogP contribution in [-0.2, 0) is 0 Å². The summed E-state index contributed by atoms with van der Waals surface area (Å²) < 4.78 is 5.39. The van der Waals surface area contributed by atoms with Crippen LogP contribution in [0.1, 0.15) is 35.8 Å². The Labute approximate surface area is 124 Å². The number of carbonyl (C=O) groups is 1. The normalized spacial score (nSPS) is 11.7. The molecule has 2 rings (SSSR count). The first kappa shape index (κ1) is 14.9. The van der Waals surface area contributed by atoms with Gasteiger partial charge in [0, 0.05) is 0 Å². The molecule has 0 aliphatic rings. The maximum atomic E-state index is 12.1. The number of rotatable bonds is 5. The van der Waals surface area contributed by atoms with E-state index in [0.29, 0.717) is 6.61 Å². The van der Waals surface area contributed by atoms with E-state index in [1.54, 1.807) is 18.2 Å². The van der Waals surface area contributed by atoms with Crippen molar-refractivity contribution >= 4 is 5.91 Å². The van der Waals surface area contributed by atoms with Gasteiger partial charge in [0.05, 0.1) is 18.2 Å². The highest BCUT2D eigenvalue weighted by Gasteiger charge is 2.14. The lowest BCUT2D eigenvalue weighted by molar-refractivity contribution is 0.0937. The second-order valence-corrected chi connectivity index (χ2v) is 4.71. The molecule has 1 amide bonds. The lowest BCUT2D eigenvalue weighted by Crippen LogP contribution is -2.26. The van der Waals surface area contributed by atoms with Crippen LogP contribution in [0.3, 0.4) is 0 Å². The monoisotopic (exact) mass is 285 g/mol. The van der Waals surface area contributed by atoms with Crippen molar-refractivity contribution in [2.24, 2.45) is 0 Å². The average molecular weight is 285 g/mol. The molecule has 2 N–H and O–H groups in total. The van der Waals surface area contributed by atoms with Crippen molar-refractivity contribution in [2.75, 3.05) is 6.61 Å². The smallest absolute Gasteiger partial charge is 0.255 e. The third-order valence-corrected chi connectivity index (χ3v) is 3.19. The van der Waals surface area contributed by atoms with Crippen molar-refractivity contribution in [1.29, 1.82) is 0 Å². The van der Waals surface area contributed by atoms with Gasteiger partial charge in [0.2, 0.25) is 0 Å². The molecule has 2 aromatic carbocycles. The molecule has 1 atom stereocenters. The Balaban J connectivity index is 2.05. The molecule has 0 heterocycles. The van der Waals surface area contributed by atoms with Crippen LogP contribution in [0.4, 0.5) is 0 Å². The molecule has 0 bridgehead atoms. The zero-order valence-electron chi connectivity index (χ0n) is 12.2. The Bertz CT molecular complexity index is 608. The predicted molar refractivity (Wildman–Crippen MR) is 81.6 cm³/mol. The fourth-order valence-corrected chi connectivity index (χ4v) is 2.04. The maximum Gasteiger partial charge on any atom is 0.255 e. The van der Waals surface area contributed by atoms with E-state index >= 15 is 0 Å². The van der Waals surface area contributed by atoms with Crippen LogP contribution >= 0.6 is 0 Å². The number of ether oxygens (including phenoxy) is 1. The number of hydrogen-bond donors (Lipinski definition) is 2. The van der Waals surface area contributed by atoms with Gasteiger partial charge >= 0.3 is 0 Å². The highest BCUT2D eigenvalue weighted by Crippen LogP contribution is 2.20. The minimum Gasteiger partial charge on any atom is -0.507 e. The molecule has 0 aliphatic carbocycles. The summed E-state index contributed by atoms with van der Waals surface area (Å²) in [6.45, 7) is 4.45. The highest BCUT2D eigenvalue weighted by molar-refractivity contribution is 5.96. The molecule has 110 valence electrons. The van der Waals surface area contributed by atoms with E-state index in [1.807, 2.05) is 38.1 Å². The number of aromatic hydroxyl groups is 1. The van der Waals surface area contributed by atoms with Gasteiger partial charge in [-0.05, 0) is 43.7 Å². The second-order valence-electron chi connectivity index (χ2n) is 4.71. The third kappa shape index (κ3) is 3.75. The summed E-state index contributed by atoms with van der Waals surface area (Å²) in [7, 11) is 0. The Morgan fingerprint density at radius 2 is 1.86 bits per heavy atom. The summed E-state index contributed by atoms with van der Waals surface area (Å²) in [6.07, 6.45) is 0. The lowest BCUT2D eigenvalue weighted by Gasteiger charge is -2.15. The first-order valence-corrected chi connectivity index (χ1v) is 6.93. The van der Waals surface area contributed by atoms with Gasteiger partial charge in [-0.25, -0.2) is 0 Å². The highest BCUT2D eigenvalue weighted by atomic mass is 16.5. The predicted octanol–water partition coefficient (Wildman–Crippen LogP) is 3.28. The Kier molecular flexibility index (Phi) is 4.82. The molecule has 0 aliphatic heterocycles. The van der Waals surface area contributed by atoms with Crippen molar-refractivity contribution < 1.29 is 14.6 Å². The second kappa shape index (κ2) is 6.79. The van der Waals surface area contributed by atoms with E-state index < -0.39 is 0 Å². The molecular formula is C17H19NO3. The maximum absolute atomic E-state index is 12.1. The zero-order chi connectivity index (χ0) is 15.2. The molecule has 0 spiro atoms. The molecule has 4 heteroatoms. The van der Waals surface area contributed by atoms with Gasteiger partial charge in [0.15, 0.2) is 0 Å². The number of carbonyl (C=O) groups excluding carboxylic acids is 1. The van der Waals surface area contributed by atoms with E-state index in [2.05, 4.69) is 5.32 Å². The van der Waals surface area contributed by atoms with Gasteiger partial charge in [-0.2, -0.15) is 0 Å². The zero-order valence-corrected chi connectivity index (χ0v) is 12.2. The SMILES string of the molecule is CCOc1ccc(C(C)NC(=O)c2ccccc2O)cc1. The third-order valence-electron chi connectivity index (χ3n) is 3.19. The van der Waals surface area contributed by atoms with Crippen molar-refractivity contribution in [1.82, 2.24) is 5.32 Å². The number of phenolic OH excluding ortho intramolecular Hbond substituents is 1. The number of para-hydroxylation sites is 1. The Hall–Kier alpha value is -2.49. The summed E-state index contributed by atoms with van der Waals surface area (Å²) >= 11 is 0. The van der Waals surface area contributed by atoms with Gasteiger partial charge in [-0.15, -0.1) is 0 Å². The number of phenols is 1. The van der Waals surface area contributed by atoms with E-state index in [1.165, 1.54) is 6.07 Å². The first-order valence-electron chi connectivity index (χ1n) is 6.93. The number of hydrogen-bond acceptors (Lipinski definition) is 3. The van der Waals surface area contributed by atoms with Gasteiger partial charge in [-0.3, -0.25) is 4.79 Å². The topological polar surface area (TPSA) is 58.6 Å². The summed E-state index contributed by atoms with van der Waals surface area (Å²) in [5.74, 6) is 0.490. The summed E-state index contributed by atoms with van der Waals surface area (Å²) in [5, 5.41) is 12.5. The quantitative estimate of drug-likeness (QED) is 0.886. The van der Waals surface area contributed by atoms with Crippen LogP contribution in [-0.4, -0.2) is 17.6 Å². The van der Waals surface area contributed by atoms with Crippen molar-refractivity contribution in [3.8, 4) is 11.5 Å². The van der Waals surface area contributed by atoms with E-state index in [-0.39, 0.29) is 23.3 Å². The van der Waals surface area contributed by atoms with Crippen molar-refractivity contribution in [3.05, 3.63) is 59.7 Å². The van der Waals surface area contributed by atoms with Crippen LogP contribution in [0.5, 0.6) is 11.5 Å². The van der Waals surface area contributed by atoms with E-state index in [4.69, 9.17) is 4.74 Å². The minimum absolute atomic E-state index is 0.0195. The molecule has 1 unspecified atom stereocenters. The number of amides is 1. The van der Waals surface area contributed by atoms with E-state index in [9.17, 15) is 9.90 Å². The van der Waals surface area contributed by atoms with Crippen LogP contribution in [0, 0.1) is 0 Å². The fraction of sp³-hybridized carbons (Fsp3) is 0.235. The molecule has 21 heavy (non-hydrogen) atoms. The van der Waals surface area contributed by atoms with Gasteiger partial charge in [0.1, 0.15) is 11.5 Å². The molecule has 0 saturated carbocycles. The lowest BCUT2D eigenvalue weighted by atomic mass is 10.1. The van der Waals surface area contributed by atoms with Gasteiger partial charge in [0.25, 0.3) is 5.91 Å². The standard InChI is InChI=1S/C17H19NO3/c1-3-21-14-10-8-13(9-11-14)12(2)18-17(20)15-6-4-5-7-16(15)19/h4-12,19H,3H2,1-2H3,(H,18,20). The summed E-state index contributed by atoms with van der Waals surface area (Å²) in [4.78, 5) is 12.1. The first-order chi connectivity index (χ1) is 10.1. The van der Waals surface area contributed by atoms with Crippen molar-refractivity contribution in [3.63, 3.8) is 0 Å². The molecular weight excluding hydrogens is 266 g/mol. The fourth-order valence-electron chi connectivity index (χ4n) is 2.04. The molecule has 2 aromatic rings. The largest absolute Gasteiger partial charge is 0.507 e. The number of nitrogens with one attached hydrogen (secondary N) is 1. The Morgan fingerprint density at radius 1 is 1.19 bits per heavy atom. The average Bonchev–Trinajstić information content (AvgIpc) is 2.48. The number of benzene rings is 2. The minimum atomic E-state index is -0.297. The summed E-state index contributed by atoms with van der Waals surface area (Å²) in [6, 6.07) is 13.9.